The topological polar surface area (TPSA) is 102 Å². The van der Waals surface area contributed by atoms with Gasteiger partial charge < -0.3 is 10.1 Å². The number of benzene rings is 2. The maximum Gasteiger partial charge on any atom is 0.321 e. The second-order valence-electron chi connectivity index (χ2n) is 5.65. The first-order valence-electron chi connectivity index (χ1n) is 8.35. The Balaban J connectivity index is 1.79. The van der Waals surface area contributed by atoms with E-state index in [9.17, 15) is 19.2 Å². The maximum atomic E-state index is 12.2. The van der Waals surface area contributed by atoms with Gasteiger partial charge in [0.2, 0.25) is 0 Å². The van der Waals surface area contributed by atoms with Gasteiger partial charge in [0.25, 0.3) is 5.91 Å². The molecule has 2 aromatic carbocycles. The maximum absolute atomic E-state index is 12.2. The van der Waals surface area contributed by atoms with Crippen LogP contribution in [0.15, 0.2) is 54.6 Å². The molecule has 0 bridgehead atoms. The zero-order valence-corrected chi connectivity index (χ0v) is 14.9. The number of Topliss-reactive ketones (excluding diaryl/α,β-unsaturated/α-hetero) is 1. The standard InChI is InChI=1S/C20H20N2O5/c1-21-20(26)22-18(24)13-27-19(25)12-11-17(23)16-9-7-15(8-10-16)14-5-3-2-4-6-14/h2-10H,11-13H2,1H3,(H2,21,22,24,26). The van der Waals surface area contributed by atoms with Crippen molar-refractivity contribution in [2.45, 2.75) is 12.8 Å². The number of esters is 1. The highest BCUT2D eigenvalue weighted by molar-refractivity contribution is 5.98. The van der Waals surface area contributed by atoms with Gasteiger partial charge in [-0.05, 0) is 11.1 Å². The molecule has 0 spiro atoms. The van der Waals surface area contributed by atoms with Gasteiger partial charge in [-0.25, -0.2) is 4.79 Å². The molecule has 0 fully saturated rings. The Morgan fingerprint density at radius 3 is 2.11 bits per heavy atom. The molecule has 0 heterocycles. The van der Waals surface area contributed by atoms with Crippen molar-refractivity contribution < 1.29 is 23.9 Å². The number of urea groups is 1. The second-order valence-corrected chi connectivity index (χ2v) is 5.65. The highest BCUT2D eigenvalue weighted by atomic mass is 16.5. The van der Waals surface area contributed by atoms with Crippen molar-refractivity contribution in [1.29, 1.82) is 0 Å². The Labute approximate surface area is 156 Å². The van der Waals surface area contributed by atoms with Gasteiger partial charge in [-0.3, -0.25) is 19.7 Å². The molecular weight excluding hydrogens is 348 g/mol. The predicted octanol–water partition coefficient (Wildman–Crippen LogP) is 2.32. The molecule has 7 nitrogen and oxygen atoms in total. The molecule has 2 N–H and O–H groups in total. The van der Waals surface area contributed by atoms with Crippen LogP contribution in [-0.4, -0.2) is 37.3 Å². The van der Waals surface area contributed by atoms with Crippen molar-refractivity contribution >= 4 is 23.7 Å². The first-order valence-corrected chi connectivity index (χ1v) is 8.35. The van der Waals surface area contributed by atoms with Gasteiger partial charge in [0.1, 0.15) is 0 Å². The van der Waals surface area contributed by atoms with Crippen LogP contribution in [0.25, 0.3) is 11.1 Å². The fourth-order valence-corrected chi connectivity index (χ4v) is 2.28. The third-order valence-electron chi connectivity index (χ3n) is 3.71. The van der Waals surface area contributed by atoms with Crippen molar-refractivity contribution in [3.63, 3.8) is 0 Å². The normalized spacial score (nSPS) is 9.96. The number of hydrogen-bond donors (Lipinski definition) is 2. The summed E-state index contributed by atoms with van der Waals surface area (Å²) in [6.45, 7) is -0.577. The van der Waals surface area contributed by atoms with Crippen LogP contribution < -0.4 is 10.6 Å². The van der Waals surface area contributed by atoms with E-state index in [1.807, 2.05) is 47.8 Å². The van der Waals surface area contributed by atoms with Crippen LogP contribution in [0.2, 0.25) is 0 Å². The molecule has 3 amide bonds. The number of carbonyl (C=O) groups is 4. The molecule has 2 rings (SSSR count). The minimum absolute atomic E-state index is 0.0272. The molecule has 0 aromatic heterocycles. The van der Waals surface area contributed by atoms with Crippen molar-refractivity contribution in [3.8, 4) is 11.1 Å². The minimum atomic E-state index is -0.745. The Morgan fingerprint density at radius 1 is 0.852 bits per heavy atom. The van der Waals surface area contributed by atoms with Crippen LogP contribution in [-0.2, 0) is 14.3 Å². The van der Waals surface area contributed by atoms with E-state index in [4.69, 9.17) is 4.74 Å². The van der Waals surface area contributed by atoms with E-state index in [1.165, 1.54) is 7.05 Å². The average molecular weight is 368 g/mol. The number of amides is 3. The molecule has 27 heavy (non-hydrogen) atoms. The van der Waals surface area contributed by atoms with E-state index < -0.39 is 24.5 Å². The summed E-state index contributed by atoms with van der Waals surface area (Å²) in [4.78, 5) is 46.0. The monoisotopic (exact) mass is 368 g/mol. The van der Waals surface area contributed by atoms with Gasteiger partial charge >= 0.3 is 12.0 Å². The summed E-state index contributed by atoms with van der Waals surface area (Å²) in [5.74, 6) is -1.62. The lowest BCUT2D eigenvalue weighted by Crippen LogP contribution is -2.39. The highest BCUT2D eigenvalue weighted by Crippen LogP contribution is 2.19. The van der Waals surface area contributed by atoms with Gasteiger partial charge in [0.05, 0.1) is 6.42 Å². The number of imide groups is 1. The quantitative estimate of drug-likeness (QED) is 0.577. The largest absolute Gasteiger partial charge is 0.456 e. The Hall–Kier alpha value is -3.48. The number of rotatable bonds is 7. The van der Waals surface area contributed by atoms with Gasteiger partial charge in [0.15, 0.2) is 12.4 Å². The fraction of sp³-hybridized carbons (Fsp3) is 0.200. The first-order chi connectivity index (χ1) is 13.0. The van der Waals surface area contributed by atoms with Crippen molar-refractivity contribution in [2.75, 3.05) is 13.7 Å². The van der Waals surface area contributed by atoms with Crippen LogP contribution in [0, 0.1) is 0 Å². The zero-order valence-electron chi connectivity index (χ0n) is 14.9. The van der Waals surface area contributed by atoms with E-state index in [1.54, 1.807) is 12.1 Å². The zero-order chi connectivity index (χ0) is 19.6. The fourth-order valence-electron chi connectivity index (χ4n) is 2.28. The summed E-state index contributed by atoms with van der Waals surface area (Å²) >= 11 is 0. The summed E-state index contributed by atoms with van der Waals surface area (Å²) in [6.07, 6.45) is -0.174. The second kappa shape index (κ2) is 9.86. The number of nitrogens with one attached hydrogen (secondary N) is 2. The third kappa shape index (κ3) is 6.39. The number of hydrogen-bond acceptors (Lipinski definition) is 5. The molecule has 0 saturated carbocycles. The van der Waals surface area contributed by atoms with E-state index in [2.05, 4.69) is 5.32 Å². The molecule has 0 atom stereocenters. The summed E-state index contributed by atoms with van der Waals surface area (Å²) in [5, 5.41) is 4.16. The number of carbonyl (C=O) groups excluding carboxylic acids is 4. The molecule has 0 unspecified atom stereocenters. The smallest absolute Gasteiger partial charge is 0.321 e. The van der Waals surface area contributed by atoms with Gasteiger partial charge in [-0.2, -0.15) is 0 Å². The minimum Gasteiger partial charge on any atom is -0.456 e. The molecule has 0 aliphatic carbocycles. The van der Waals surface area contributed by atoms with Crippen LogP contribution >= 0.6 is 0 Å². The Morgan fingerprint density at radius 2 is 1.48 bits per heavy atom. The first kappa shape index (κ1) is 19.8. The van der Waals surface area contributed by atoms with Crippen LogP contribution in [0.5, 0.6) is 0 Å². The Kier molecular flexibility index (Phi) is 7.25. The average Bonchev–Trinajstić information content (AvgIpc) is 2.71. The molecule has 0 saturated heterocycles. The summed E-state index contributed by atoms with van der Waals surface area (Å²) < 4.78 is 4.73. The molecule has 0 aliphatic heterocycles. The number of ether oxygens (including phenoxy) is 1. The highest BCUT2D eigenvalue weighted by Gasteiger charge is 2.13. The summed E-state index contributed by atoms with van der Waals surface area (Å²) in [6, 6.07) is 16.2. The van der Waals surface area contributed by atoms with Gasteiger partial charge in [-0.1, -0.05) is 54.6 Å². The van der Waals surface area contributed by atoms with Crippen LogP contribution in [0.3, 0.4) is 0 Å². The van der Waals surface area contributed by atoms with Crippen molar-refractivity contribution in [3.05, 3.63) is 60.2 Å². The van der Waals surface area contributed by atoms with E-state index in [0.717, 1.165) is 11.1 Å². The molecule has 7 heteroatoms. The number of ketones is 1. The van der Waals surface area contributed by atoms with E-state index in [-0.39, 0.29) is 18.6 Å². The van der Waals surface area contributed by atoms with Gasteiger partial charge in [-0.15, -0.1) is 0 Å². The SMILES string of the molecule is CNC(=O)NC(=O)COC(=O)CCC(=O)c1ccc(-c2ccccc2)cc1. The lowest BCUT2D eigenvalue weighted by atomic mass is 10.0. The molecule has 0 aliphatic rings. The molecular formula is C20H20N2O5. The van der Waals surface area contributed by atoms with Crippen LogP contribution in [0.1, 0.15) is 23.2 Å². The third-order valence-corrected chi connectivity index (χ3v) is 3.71. The Bertz CT molecular complexity index is 816. The lowest BCUT2D eigenvalue weighted by Gasteiger charge is -2.06. The van der Waals surface area contributed by atoms with Crippen molar-refractivity contribution in [1.82, 2.24) is 10.6 Å². The molecule has 140 valence electrons. The van der Waals surface area contributed by atoms with E-state index in [0.29, 0.717) is 5.56 Å². The van der Waals surface area contributed by atoms with E-state index >= 15 is 0 Å². The summed E-state index contributed by atoms with van der Waals surface area (Å²) in [5.41, 5.74) is 2.55. The van der Waals surface area contributed by atoms with Crippen LogP contribution in [0.4, 0.5) is 4.79 Å². The van der Waals surface area contributed by atoms with Gasteiger partial charge in [0, 0.05) is 19.0 Å². The van der Waals surface area contributed by atoms with Crippen molar-refractivity contribution in [2.24, 2.45) is 0 Å². The predicted molar refractivity (Wildman–Crippen MR) is 99.0 cm³/mol. The lowest BCUT2D eigenvalue weighted by molar-refractivity contribution is -0.148. The molecule has 2 aromatic rings. The molecule has 0 radical (unpaired) electrons. The summed E-state index contributed by atoms with van der Waals surface area (Å²) in [7, 11) is 1.35.